The van der Waals surface area contributed by atoms with E-state index in [0.717, 1.165) is 0 Å². The second-order valence-corrected chi connectivity index (χ2v) is 3.75. The number of hydrogen-bond donors (Lipinski definition) is 3. The molecule has 3 N–H and O–H groups in total. The van der Waals surface area contributed by atoms with Crippen LogP contribution in [0.4, 0.5) is 5.69 Å². The molecule has 0 aliphatic carbocycles. The number of aliphatic hydroxyl groups is 2. The van der Waals surface area contributed by atoms with E-state index in [2.05, 4.69) is 5.32 Å². The van der Waals surface area contributed by atoms with Crippen LogP contribution in [0.5, 0.6) is 0 Å². The minimum Gasteiger partial charge on any atom is -0.395 e. The zero-order valence-electron chi connectivity index (χ0n) is 9.59. The van der Waals surface area contributed by atoms with Crippen LogP contribution in [0.1, 0.15) is 17.2 Å². The normalized spacial score (nSPS) is 12.4. The molecular formula is C11H16N2O4. The van der Waals surface area contributed by atoms with E-state index in [-0.39, 0.29) is 12.3 Å². The van der Waals surface area contributed by atoms with E-state index in [1.165, 1.54) is 12.1 Å². The van der Waals surface area contributed by atoms with Gasteiger partial charge in [-0.2, -0.15) is 0 Å². The topological polar surface area (TPSA) is 95.6 Å². The lowest BCUT2D eigenvalue weighted by Crippen LogP contribution is -2.24. The summed E-state index contributed by atoms with van der Waals surface area (Å²) in [6.45, 7) is 2.35. The van der Waals surface area contributed by atoms with Crippen LogP contribution < -0.4 is 5.32 Å². The minimum atomic E-state index is -0.735. The average molecular weight is 240 g/mol. The van der Waals surface area contributed by atoms with Crippen LogP contribution in [0.25, 0.3) is 0 Å². The Kier molecular flexibility index (Phi) is 5.02. The second kappa shape index (κ2) is 6.29. The van der Waals surface area contributed by atoms with Gasteiger partial charge in [0, 0.05) is 24.7 Å². The van der Waals surface area contributed by atoms with Crippen LogP contribution in [0, 0.1) is 17.0 Å². The van der Waals surface area contributed by atoms with Crippen LogP contribution in [0.15, 0.2) is 18.2 Å². The monoisotopic (exact) mass is 240 g/mol. The van der Waals surface area contributed by atoms with Crippen molar-refractivity contribution in [1.29, 1.82) is 0 Å². The van der Waals surface area contributed by atoms with E-state index in [0.29, 0.717) is 24.2 Å². The van der Waals surface area contributed by atoms with Crippen molar-refractivity contribution in [2.75, 3.05) is 19.7 Å². The first-order valence-corrected chi connectivity index (χ1v) is 5.31. The lowest BCUT2D eigenvalue weighted by Gasteiger charge is -2.12. The highest BCUT2D eigenvalue weighted by Crippen LogP contribution is 2.22. The van der Waals surface area contributed by atoms with E-state index >= 15 is 0 Å². The average Bonchev–Trinajstić information content (AvgIpc) is 2.28. The van der Waals surface area contributed by atoms with Crippen molar-refractivity contribution in [2.45, 2.75) is 13.0 Å². The molecular weight excluding hydrogens is 224 g/mol. The molecule has 0 heterocycles. The van der Waals surface area contributed by atoms with E-state index in [4.69, 9.17) is 5.11 Å². The summed E-state index contributed by atoms with van der Waals surface area (Å²) in [5, 5.41) is 31.8. The van der Waals surface area contributed by atoms with Crippen molar-refractivity contribution in [3.63, 3.8) is 0 Å². The van der Waals surface area contributed by atoms with Gasteiger partial charge in [0.15, 0.2) is 0 Å². The molecule has 6 heteroatoms. The molecule has 0 radical (unpaired) electrons. The fourth-order valence-electron chi connectivity index (χ4n) is 1.53. The highest BCUT2D eigenvalue weighted by Gasteiger charge is 2.13. The van der Waals surface area contributed by atoms with Crippen molar-refractivity contribution in [3.8, 4) is 0 Å². The lowest BCUT2D eigenvalue weighted by molar-refractivity contribution is -0.385. The van der Waals surface area contributed by atoms with Crippen LogP contribution in [-0.2, 0) is 0 Å². The molecule has 1 unspecified atom stereocenters. The van der Waals surface area contributed by atoms with Crippen LogP contribution >= 0.6 is 0 Å². The molecule has 0 spiro atoms. The molecule has 0 aromatic heterocycles. The van der Waals surface area contributed by atoms with Gasteiger partial charge >= 0.3 is 0 Å². The lowest BCUT2D eigenvalue weighted by atomic mass is 10.1. The van der Waals surface area contributed by atoms with Gasteiger partial charge in [0.1, 0.15) is 0 Å². The van der Waals surface area contributed by atoms with Crippen LogP contribution in [-0.4, -0.2) is 34.8 Å². The largest absolute Gasteiger partial charge is 0.395 e. The Balaban J connectivity index is 2.72. The standard InChI is InChI=1S/C11H16N2O4/c1-8-6-9(2-3-10(8)13(16)17)11(15)7-12-4-5-14/h2-3,6,11-12,14-15H,4-5,7H2,1H3. The number of nitrogens with zero attached hydrogens (tertiary/aromatic N) is 1. The van der Waals surface area contributed by atoms with Crippen LogP contribution in [0.3, 0.4) is 0 Å². The zero-order valence-corrected chi connectivity index (χ0v) is 9.59. The summed E-state index contributed by atoms with van der Waals surface area (Å²) in [5.74, 6) is 0. The van der Waals surface area contributed by atoms with E-state index in [1.807, 2.05) is 0 Å². The van der Waals surface area contributed by atoms with E-state index in [1.54, 1.807) is 13.0 Å². The van der Waals surface area contributed by atoms with Gasteiger partial charge in [-0.3, -0.25) is 10.1 Å². The summed E-state index contributed by atoms with van der Waals surface area (Å²) in [6, 6.07) is 4.53. The highest BCUT2D eigenvalue weighted by atomic mass is 16.6. The van der Waals surface area contributed by atoms with Gasteiger partial charge in [0.25, 0.3) is 5.69 Å². The number of nitro groups is 1. The first-order valence-electron chi connectivity index (χ1n) is 5.31. The molecule has 1 aromatic carbocycles. The maximum absolute atomic E-state index is 10.6. The predicted octanol–water partition coefficient (Wildman–Crippen LogP) is 0.519. The Bertz CT molecular complexity index is 395. The van der Waals surface area contributed by atoms with Gasteiger partial charge in [-0.05, 0) is 24.6 Å². The number of hydrogen-bond acceptors (Lipinski definition) is 5. The second-order valence-electron chi connectivity index (χ2n) is 3.75. The summed E-state index contributed by atoms with van der Waals surface area (Å²) >= 11 is 0. The Labute approximate surface area is 99.0 Å². The fraction of sp³-hybridized carbons (Fsp3) is 0.455. The predicted molar refractivity (Wildman–Crippen MR) is 62.7 cm³/mol. The van der Waals surface area contributed by atoms with Gasteiger partial charge in [-0.15, -0.1) is 0 Å². The molecule has 0 fully saturated rings. The van der Waals surface area contributed by atoms with Gasteiger partial charge in [0.05, 0.1) is 17.6 Å². The van der Waals surface area contributed by atoms with Gasteiger partial charge in [0.2, 0.25) is 0 Å². The Morgan fingerprint density at radius 3 is 2.76 bits per heavy atom. The molecule has 1 atom stereocenters. The van der Waals surface area contributed by atoms with Gasteiger partial charge in [-0.25, -0.2) is 0 Å². The molecule has 0 aliphatic rings. The van der Waals surface area contributed by atoms with E-state index in [9.17, 15) is 15.2 Å². The SMILES string of the molecule is Cc1cc(C(O)CNCCO)ccc1[N+](=O)[O-]. The quantitative estimate of drug-likeness (QED) is 0.382. The Hall–Kier alpha value is -1.50. The molecule has 6 nitrogen and oxygen atoms in total. The third-order valence-electron chi connectivity index (χ3n) is 2.43. The molecule has 0 saturated carbocycles. The molecule has 0 saturated heterocycles. The van der Waals surface area contributed by atoms with Crippen molar-refractivity contribution in [1.82, 2.24) is 5.32 Å². The van der Waals surface area contributed by atoms with Crippen LogP contribution in [0.2, 0.25) is 0 Å². The van der Waals surface area contributed by atoms with Crippen molar-refractivity contribution in [3.05, 3.63) is 39.4 Å². The molecule has 1 rings (SSSR count). The summed E-state index contributed by atoms with van der Waals surface area (Å²) in [4.78, 5) is 10.2. The number of nitro benzene ring substituents is 1. The van der Waals surface area contributed by atoms with Crippen molar-refractivity contribution in [2.24, 2.45) is 0 Å². The van der Waals surface area contributed by atoms with Crippen molar-refractivity contribution >= 4 is 5.69 Å². The maximum atomic E-state index is 10.6. The number of nitrogens with one attached hydrogen (secondary N) is 1. The number of aryl methyl sites for hydroxylation is 1. The summed E-state index contributed by atoms with van der Waals surface area (Å²) in [7, 11) is 0. The van der Waals surface area contributed by atoms with E-state index < -0.39 is 11.0 Å². The fourth-order valence-corrected chi connectivity index (χ4v) is 1.53. The Morgan fingerprint density at radius 2 is 2.24 bits per heavy atom. The third-order valence-corrected chi connectivity index (χ3v) is 2.43. The Morgan fingerprint density at radius 1 is 1.53 bits per heavy atom. The summed E-state index contributed by atoms with van der Waals surface area (Å²) in [6.07, 6.45) is -0.735. The first kappa shape index (κ1) is 13.6. The summed E-state index contributed by atoms with van der Waals surface area (Å²) < 4.78 is 0. The van der Waals surface area contributed by atoms with Crippen molar-refractivity contribution < 1.29 is 15.1 Å². The molecule has 1 aromatic rings. The molecule has 94 valence electrons. The minimum absolute atomic E-state index is 0.00596. The van der Waals surface area contributed by atoms with Gasteiger partial charge < -0.3 is 15.5 Å². The number of rotatable bonds is 6. The summed E-state index contributed by atoms with van der Waals surface area (Å²) in [5.41, 5.74) is 1.19. The maximum Gasteiger partial charge on any atom is 0.272 e. The van der Waals surface area contributed by atoms with Gasteiger partial charge in [-0.1, -0.05) is 0 Å². The molecule has 0 aliphatic heterocycles. The number of aliphatic hydroxyl groups excluding tert-OH is 2. The zero-order chi connectivity index (χ0) is 12.8. The highest BCUT2D eigenvalue weighted by molar-refractivity contribution is 5.42. The third kappa shape index (κ3) is 3.77. The first-order chi connectivity index (χ1) is 8.06. The molecule has 0 amide bonds. The molecule has 0 bridgehead atoms. The number of benzene rings is 1. The smallest absolute Gasteiger partial charge is 0.272 e. The molecule has 17 heavy (non-hydrogen) atoms.